The van der Waals surface area contributed by atoms with Crippen LogP contribution in [0.15, 0.2) is 17.6 Å². The van der Waals surface area contributed by atoms with Gasteiger partial charge in [0, 0.05) is 6.42 Å². The third kappa shape index (κ3) is 2.04. The van der Waals surface area contributed by atoms with Crippen LogP contribution in [0.4, 0.5) is 0 Å². The van der Waals surface area contributed by atoms with E-state index in [1.807, 2.05) is 0 Å². The molecule has 1 N–H and O–H groups in total. The van der Waals surface area contributed by atoms with E-state index in [9.17, 15) is 4.79 Å². The number of thiazole rings is 1. The molecule has 0 saturated carbocycles. The van der Waals surface area contributed by atoms with Crippen LogP contribution in [0.25, 0.3) is 10.2 Å². The van der Waals surface area contributed by atoms with Crippen LogP contribution in [0.1, 0.15) is 16.8 Å². The summed E-state index contributed by atoms with van der Waals surface area (Å²) in [5, 5.41) is 9.07. The highest BCUT2D eigenvalue weighted by molar-refractivity contribution is 7.16. The van der Waals surface area contributed by atoms with E-state index in [0.717, 1.165) is 16.6 Å². The van der Waals surface area contributed by atoms with Crippen LogP contribution in [0.3, 0.4) is 0 Å². The number of ether oxygens (including phenoxy) is 2. The van der Waals surface area contributed by atoms with E-state index in [0.29, 0.717) is 19.0 Å². The standard InChI is InChI=1S/C12H11NO4S/c14-12(15)7-3-9(17-8-1-2-16-5-8)11-10(4-7)18-6-13-11/h3-4,6,8H,1-2,5H2,(H,14,15)/t8-/m1/s1. The Hall–Kier alpha value is -1.66. The van der Waals surface area contributed by atoms with E-state index in [1.54, 1.807) is 11.6 Å². The molecule has 18 heavy (non-hydrogen) atoms. The van der Waals surface area contributed by atoms with Gasteiger partial charge in [0.25, 0.3) is 0 Å². The molecule has 2 aromatic rings. The second-order valence-corrected chi connectivity index (χ2v) is 4.97. The summed E-state index contributed by atoms with van der Waals surface area (Å²) in [6, 6.07) is 3.15. The first-order chi connectivity index (χ1) is 8.74. The Bertz CT molecular complexity index is 589. The largest absolute Gasteiger partial charge is 0.486 e. The maximum Gasteiger partial charge on any atom is 0.335 e. The number of benzene rings is 1. The monoisotopic (exact) mass is 265 g/mol. The normalized spacial score (nSPS) is 19.2. The van der Waals surface area contributed by atoms with Crippen molar-refractivity contribution < 1.29 is 19.4 Å². The lowest BCUT2D eigenvalue weighted by molar-refractivity contribution is 0.0696. The minimum atomic E-state index is -0.960. The molecule has 1 fully saturated rings. The van der Waals surface area contributed by atoms with Gasteiger partial charge in [-0.2, -0.15) is 0 Å². The summed E-state index contributed by atoms with van der Waals surface area (Å²) in [5.41, 5.74) is 2.63. The highest BCUT2D eigenvalue weighted by Gasteiger charge is 2.20. The Morgan fingerprint density at radius 1 is 1.56 bits per heavy atom. The first-order valence-electron chi connectivity index (χ1n) is 5.59. The first-order valence-corrected chi connectivity index (χ1v) is 6.47. The number of aromatic nitrogens is 1. The van der Waals surface area contributed by atoms with Crippen molar-refractivity contribution in [1.82, 2.24) is 4.98 Å². The molecule has 1 aromatic heterocycles. The van der Waals surface area contributed by atoms with Gasteiger partial charge in [-0.25, -0.2) is 9.78 Å². The number of nitrogens with zero attached hydrogens (tertiary/aromatic N) is 1. The van der Waals surface area contributed by atoms with Gasteiger partial charge in [-0.05, 0) is 12.1 Å². The van der Waals surface area contributed by atoms with Crippen molar-refractivity contribution in [2.45, 2.75) is 12.5 Å². The van der Waals surface area contributed by atoms with Crippen molar-refractivity contribution in [2.24, 2.45) is 0 Å². The Morgan fingerprint density at radius 2 is 2.44 bits per heavy atom. The number of hydrogen-bond donors (Lipinski definition) is 1. The number of carboxylic acids is 1. The summed E-state index contributed by atoms with van der Waals surface area (Å²) in [4.78, 5) is 15.3. The molecular formula is C12H11NO4S. The van der Waals surface area contributed by atoms with Crippen molar-refractivity contribution in [3.8, 4) is 5.75 Å². The molecule has 1 saturated heterocycles. The van der Waals surface area contributed by atoms with E-state index in [4.69, 9.17) is 14.6 Å². The van der Waals surface area contributed by atoms with E-state index in [1.165, 1.54) is 17.4 Å². The summed E-state index contributed by atoms with van der Waals surface area (Å²) in [7, 11) is 0. The molecule has 0 unspecified atom stereocenters. The molecule has 3 rings (SSSR count). The van der Waals surface area contributed by atoms with Crippen LogP contribution in [0.5, 0.6) is 5.75 Å². The molecule has 1 aliphatic heterocycles. The lowest BCUT2D eigenvalue weighted by Crippen LogP contribution is -2.16. The molecule has 1 aromatic carbocycles. The molecule has 0 bridgehead atoms. The van der Waals surface area contributed by atoms with Gasteiger partial charge < -0.3 is 14.6 Å². The maximum atomic E-state index is 11.1. The smallest absolute Gasteiger partial charge is 0.335 e. The quantitative estimate of drug-likeness (QED) is 0.921. The second-order valence-electron chi connectivity index (χ2n) is 4.08. The predicted molar refractivity (Wildman–Crippen MR) is 66.4 cm³/mol. The summed E-state index contributed by atoms with van der Waals surface area (Å²) in [5.74, 6) is -0.431. The lowest BCUT2D eigenvalue weighted by atomic mass is 10.2. The molecular weight excluding hydrogens is 254 g/mol. The van der Waals surface area contributed by atoms with Gasteiger partial charge in [0.15, 0.2) is 0 Å². The Kier molecular flexibility index (Phi) is 2.89. The predicted octanol–water partition coefficient (Wildman–Crippen LogP) is 2.16. The fourth-order valence-corrected chi connectivity index (χ4v) is 2.67. The van der Waals surface area contributed by atoms with E-state index >= 15 is 0 Å². The number of rotatable bonds is 3. The lowest BCUT2D eigenvalue weighted by Gasteiger charge is -2.12. The first kappa shape index (κ1) is 11.4. The van der Waals surface area contributed by atoms with Crippen molar-refractivity contribution in [1.29, 1.82) is 0 Å². The minimum Gasteiger partial charge on any atom is -0.486 e. The molecule has 0 amide bonds. The third-order valence-electron chi connectivity index (χ3n) is 2.83. The van der Waals surface area contributed by atoms with E-state index < -0.39 is 5.97 Å². The minimum absolute atomic E-state index is 0.0149. The molecule has 1 aliphatic rings. The third-order valence-corrected chi connectivity index (χ3v) is 3.61. The van der Waals surface area contributed by atoms with Crippen molar-refractivity contribution in [2.75, 3.05) is 13.2 Å². The molecule has 2 heterocycles. The van der Waals surface area contributed by atoms with Crippen molar-refractivity contribution in [3.05, 3.63) is 23.2 Å². The van der Waals surface area contributed by atoms with Gasteiger partial charge in [-0.15, -0.1) is 11.3 Å². The fourth-order valence-electron chi connectivity index (χ4n) is 1.93. The molecule has 5 nitrogen and oxygen atoms in total. The van der Waals surface area contributed by atoms with Crippen LogP contribution in [-0.2, 0) is 4.74 Å². The number of fused-ring (bicyclic) bond motifs is 1. The summed E-state index contributed by atoms with van der Waals surface area (Å²) in [6.07, 6.45) is 0.807. The number of hydrogen-bond acceptors (Lipinski definition) is 5. The second kappa shape index (κ2) is 4.55. The van der Waals surface area contributed by atoms with Crippen LogP contribution < -0.4 is 4.74 Å². The van der Waals surface area contributed by atoms with Crippen molar-refractivity contribution in [3.63, 3.8) is 0 Å². The molecule has 0 aliphatic carbocycles. The summed E-state index contributed by atoms with van der Waals surface area (Å²) >= 11 is 1.41. The average Bonchev–Trinajstić information content (AvgIpc) is 2.98. The zero-order valence-corrected chi connectivity index (χ0v) is 10.3. The SMILES string of the molecule is O=C(O)c1cc(O[C@@H]2CCOC2)c2ncsc2c1. The van der Waals surface area contributed by atoms with Gasteiger partial charge >= 0.3 is 5.97 Å². The van der Waals surface area contributed by atoms with Crippen LogP contribution >= 0.6 is 11.3 Å². The van der Waals surface area contributed by atoms with Crippen LogP contribution in [0.2, 0.25) is 0 Å². The molecule has 6 heteroatoms. The molecule has 1 atom stereocenters. The number of carboxylic acid groups (broad SMARTS) is 1. The van der Waals surface area contributed by atoms with Gasteiger partial charge in [0.1, 0.15) is 17.4 Å². The van der Waals surface area contributed by atoms with Gasteiger partial charge in [0.2, 0.25) is 0 Å². The molecule has 94 valence electrons. The Balaban J connectivity index is 2.01. The highest BCUT2D eigenvalue weighted by atomic mass is 32.1. The van der Waals surface area contributed by atoms with E-state index in [2.05, 4.69) is 4.98 Å². The maximum absolute atomic E-state index is 11.1. The Morgan fingerprint density at radius 3 is 3.17 bits per heavy atom. The van der Waals surface area contributed by atoms with Gasteiger partial charge in [-0.3, -0.25) is 0 Å². The number of aromatic carboxylic acids is 1. The van der Waals surface area contributed by atoms with Crippen LogP contribution in [0, 0.1) is 0 Å². The highest BCUT2D eigenvalue weighted by Crippen LogP contribution is 2.31. The molecule has 0 radical (unpaired) electrons. The average molecular weight is 265 g/mol. The van der Waals surface area contributed by atoms with Gasteiger partial charge in [-0.1, -0.05) is 0 Å². The molecule has 0 spiro atoms. The fraction of sp³-hybridized carbons (Fsp3) is 0.333. The van der Waals surface area contributed by atoms with Gasteiger partial charge in [0.05, 0.1) is 29.0 Å². The Labute approximate surface area is 107 Å². The number of carbonyl (C=O) groups is 1. The summed E-state index contributed by atoms with van der Waals surface area (Å²) < 4.78 is 11.9. The van der Waals surface area contributed by atoms with Crippen molar-refractivity contribution >= 4 is 27.5 Å². The summed E-state index contributed by atoms with van der Waals surface area (Å²) in [6.45, 7) is 1.23. The zero-order valence-electron chi connectivity index (χ0n) is 9.46. The topological polar surface area (TPSA) is 68.7 Å². The van der Waals surface area contributed by atoms with E-state index in [-0.39, 0.29) is 11.7 Å². The van der Waals surface area contributed by atoms with Crippen LogP contribution in [-0.4, -0.2) is 35.4 Å². The zero-order chi connectivity index (χ0) is 12.5.